The van der Waals surface area contributed by atoms with Gasteiger partial charge in [0.15, 0.2) is 0 Å². The average Bonchev–Trinajstić information content (AvgIpc) is 2.65. The van der Waals surface area contributed by atoms with Crippen molar-refractivity contribution >= 4 is 17.4 Å². The predicted octanol–water partition coefficient (Wildman–Crippen LogP) is 2.46. The molecular weight excluding hydrogens is 200 g/mol. The van der Waals surface area contributed by atoms with Crippen molar-refractivity contribution in [1.29, 1.82) is 0 Å². The molecular formula is C9H8N2O2S. The van der Waals surface area contributed by atoms with Crippen LogP contribution in [0.25, 0.3) is 0 Å². The predicted molar refractivity (Wildman–Crippen MR) is 54.3 cm³/mol. The van der Waals surface area contributed by atoms with Crippen LogP contribution in [-0.2, 0) is 4.74 Å². The number of rotatable bonds is 2. The summed E-state index contributed by atoms with van der Waals surface area (Å²) in [6.45, 7) is 0. The Labute approximate surface area is 86.6 Å². The highest BCUT2D eigenvalue weighted by molar-refractivity contribution is 7.80. The summed E-state index contributed by atoms with van der Waals surface area (Å²) in [6, 6.07) is 7.48. The molecule has 0 aliphatic carbocycles. The quantitative estimate of drug-likeness (QED) is 0.701. The van der Waals surface area contributed by atoms with E-state index >= 15 is 0 Å². The van der Waals surface area contributed by atoms with Crippen molar-refractivity contribution < 1.29 is 9.47 Å². The van der Waals surface area contributed by atoms with E-state index in [1.165, 1.54) is 0 Å². The molecule has 0 radical (unpaired) electrons. The van der Waals surface area contributed by atoms with Gasteiger partial charge < -0.3 is 9.47 Å². The molecule has 1 aromatic carbocycles. The summed E-state index contributed by atoms with van der Waals surface area (Å²) in [5.41, 5.74) is 0.832. The van der Waals surface area contributed by atoms with Crippen molar-refractivity contribution in [2.24, 2.45) is 10.2 Å². The third kappa shape index (κ3) is 1.58. The third-order valence-electron chi connectivity index (χ3n) is 1.86. The monoisotopic (exact) mass is 208 g/mol. The fourth-order valence-electron chi connectivity index (χ4n) is 1.24. The molecule has 0 bridgehead atoms. The number of azo groups is 1. The molecule has 1 heterocycles. The molecule has 1 aliphatic rings. The van der Waals surface area contributed by atoms with Crippen LogP contribution >= 0.6 is 12.2 Å². The fourth-order valence-corrected chi connectivity index (χ4v) is 1.38. The Morgan fingerprint density at radius 3 is 2.86 bits per heavy atom. The zero-order valence-corrected chi connectivity index (χ0v) is 8.32. The van der Waals surface area contributed by atoms with E-state index in [0.717, 1.165) is 11.3 Å². The summed E-state index contributed by atoms with van der Waals surface area (Å²) >= 11 is 4.75. The van der Waals surface area contributed by atoms with Crippen LogP contribution in [0.3, 0.4) is 0 Å². The van der Waals surface area contributed by atoms with Gasteiger partial charge >= 0.3 is 5.17 Å². The fraction of sp³-hybridized carbons (Fsp3) is 0.222. The van der Waals surface area contributed by atoms with Crippen LogP contribution in [0.5, 0.6) is 5.75 Å². The van der Waals surface area contributed by atoms with Crippen LogP contribution in [0, 0.1) is 0 Å². The van der Waals surface area contributed by atoms with Crippen molar-refractivity contribution in [3.8, 4) is 5.75 Å². The van der Waals surface area contributed by atoms with E-state index in [1.54, 1.807) is 7.11 Å². The van der Waals surface area contributed by atoms with Crippen LogP contribution < -0.4 is 4.74 Å². The summed E-state index contributed by atoms with van der Waals surface area (Å²) < 4.78 is 10.4. The zero-order valence-electron chi connectivity index (χ0n) is 7.51. The van der Waals surface area contributed by atoms with E-state index in [1.807, 2.05) is 24.3 Å². The molecule has 1 atom stereocenters. The smallest absolute Gasteiger partial charge is 0.304 e. The van der Waals surface area contributed by atoms with Crippen molar-refractivity contribution in [1.82, 2.24) is 0 Å². The molecule has 0 amide bonds. The first-order chi connectivity index (χ1) is 6.81. The van der Waals surface area contributed by atoms with Crippen molar-refractivity contribution in [2.45, 2.75) is 6.23 Å². The number of benzene rings is 1. The summed E-state index contributed by atoms with van der Waals surface area (Å²) in [5.74, 6) is 0.723. The molecule has 0 N–H and O–H groups in total. The maximum atomic E-state index is 5.21. The molecule has 0 aromatic heterocycles. The molecule has 1 unspecified atom stereocenters. The SMILES string of the molecule is COc1ccccc1C1N=NC(=S)O1. The van der Waals surface area contributed by atoms with Gasteiger partial charge in [-0.1, -0.05) is 12.1 Å². The Balaban J connectivity index is 2.32. The zero-order chi connectivity index (χ0) is 9.97. The van der Waals surface area contributed by atoms with Gasteiger partial charge in [-0.15, -0.1) is 10.2 Å². The highest BCUT2D eigenvalue weighted by atomic mass is 32.1. The first kappa shape index (κ1) is 9.08. The lowest BCUT2D eigenvalue weighted by Crippen LogP contribution is -2.00. The van der Waals surface area contributed by atoms with Gasteiger partial charge in [0.1, 0.15) is 5.75 Å². The minimum atomic E-state index is -0.460. The molecule has 72 valence electrons. The summed E-state index contributed by atoms with van der Waals surface area (Å²) in [5, 5.41) is 7.69. The second-order valence-electron chi connectivity index (χ2n) is 2.69. The van der Waals surface area contributed by atoms with Crippen molar-refractivity contribution in [2.75, 3.05) is 7.11 Å². The maximum Gasteiger partial charge on any atom is 0.304 e. The van der Waals surface area contributed by atoms with Gasteiger partial charge in [-0.25, -0.2) is 0 Å². The second kappa shape index (κ2) is 3.71. The average molecular weight is 208 g/mol. The summed E-state index contributed by atoms with van der Waals surface area (Å²) in [6.07, 6.45) is -0.460. The van der Waals surface area contributed by atoms with E-state index in [0.29, 0.717) is 0 Å². The number of nitrogens with zero attached hydrogens (tertiary/aromatic N) is 2. The van der Waals surface area contributed by atoms with Crippen LogP contribution in [0.2, 0.25) is 0 Å². The molecule has 0 fully saturated rings. The summed E-state index contributed by atoms with van der Waals surface area (Å²) in [7, 11) is 1.60. The van der Waals surface area contributed by atoms with Gasteiger partial charge in [0.05, 0.1) is 12.7 Å². The number of methoxy groups -OCH3 is 1. The number of thiocarbonyl (C=S) groups is 1. The van der Waals surface area contributed by atoms with Crippen molar-refractivity contribution in [3.05, 3.63) is 29.8 Å². The third-order valence-corrected chi connectivity index (χ3v) is 2.04. The Morgan fingerprint density at radius 2 is 2.21 bits per heavy atom. The molecule has 2 rings (SSSR count). The van der Waals surface area contributed by atoms with Gasteiger partial charge in [-0.3, -0.25) is 0 Å². The number of hydrogen-bond acceptors (Lipinski definition) is 4. The number of para-hydroxylation sites is 1. The van der Waals surface area contributed by atoms with Crippen LogP contribution in [-0.4, -0.2) is 12.3 Å². The van der Waals surface area contributed by atoms with Gasteiger partial charge in [0.2, 0.25) is 6.23 Å². The molecule has 0 saturated carbocycles. The van der Waals surface area contributed by atoms with E-state index in [2.05, 4.69) is 10.2 Å². The van der Waals surface area contributed by atoms with Gasteiger partial charge in [-0.05, 0) is 24.4 Å². The standard InChI is InChI=1S/C9H8N2O2S/c1-12-7-5-3-2-4-6(7)8-10-11-9(14)13-8/h2-5,8H,1H3. The van der Waals surface area contributed by atoms with Gasteiger partial charge in [-0.2, -0.15) is 0 Å². The Morgan fingerprint density at radius 1 is 1.43 bits per heavy atom. The molecule has 5 heteroatoms. The Hall–Kier alpha value is -1.49. The second-order valence-corrected chi connectivity index (χ2v) is 3.04. The lowest BCUT2D eigenvalue weighted by Gasteiger charge is -2.10. The van der Waals surface area contributed by atoms with Crippen LogP contribution in [0.1, 0.15) is 11.8 Å². The lowest BCUT2D eigenvalue weighted by molar-refractivity contribution is 0.221. The molecule has 14 heavy (non-hydrogen) atoms. The highest BCUT2D eigenvalue weighted by Crippen LogP contribution is 2.31. The van der Waals surface area contributed by atoms with E-state index in [9.17, 15) is 0 Å². The minimum Gasteiger partial charge on any atom is -0.496 e. The molecule has 4 nitrogen and oxygen atoms in total. The van der Waals surface area contributed by atoms with E-state index < -0.39 is 6.23 Å². The number of hydrogen-bond donors (Lipinski definition) is 0. The van der Waals surface area contributed by atoms with E-state index in [-0.39, 0.29) is 5.17 Å². The first-order valence-electron chi connectivity index (χ1n) is 4.05. The number of ether oxygens (including phenoxy) is 2. The molecule has 0 saturated heterocycles. The lowest BCUT2D eigenvalue weighted by atomic mass is 10.2. The Kier molecular flexibility index (Phi) is 2.41. The van der Waals surface area contributed by atoms with E-state index in [4.69, 9.17) is 21.7 Å². The van der Waals surface area contributed by atoms with Crippen molar-refractivity contribution in [3.63, 3.8) is 0 Å². The van der Waals surface area contributed by atoms with Gasteiger partial charge in [0, 0.05) is 0 Å². The summed E-state index contributed by atoms with van der Waals surface area (Å²) in [4.78, 5) is 0. The van der Waals surface area contributed by atoms with Crippen LogP contribution in [0.4, 0.5) is 0 Å². The molecule has 0 spiro atoms. The highest BCUT2D eigenvalue weighted by Gasteiger charge is 2.22. The van der Waals surface area contributed by atoms with Gasteiger partial charge in [0.25, 0.3) is 0 Å². The molecule has 1 aromatic rings. The topological polar surface area (TPSA) is 43.2 Å². The molecule has 1 aliphatic heterocycles. The largest absolute Gasteiger partial charge is 0.496 e. The minimum absolute atomic E-state index is 0.168. The first-order valence-corrected chi connectivity index (χ1v) is 4.46. The Bertz CT molecular complexity index is 392. The maximum absolute atomic E-state index is 5.21. The van der Waals surface area contributed by atoms with Crippen LogP contribution in [0.15, 0.2) is 34.5 Å². The normalized spacial score (nSPS) is 19.5.